The fourth-order valence-electron chi connectivity index (χ4n) is 5.28. The molecular weight excluding hydrogens is 442 g/mol. The topological polar surface area (TPSA) is 107 Å². The molecule has 2 fully saturated rings. The van der Waals surface area contributed by atoms with Gasteiger partial charge in [-0.2, -0.15) is 0 Å². The fraction of sp³-hybridized carbons (Fsp3) is 0.630. The van der Waals surface area contributed by atoms with Crippen molar-refractivity contribution in [3.63, 3.8) is 0 Å². The normalized spacial score (nSPS) is 23.7. The second-order valence-corrected chi connectivity index (χ2v) is 10.8. The van der Waals surface area contributed by atoms with E-state index in [0.717, 1.165) is 42.3 Å². The highest BCUT2D eigenvalue weighted by atomic mass is 16.2. The highest BCUT2D eigenvalue weighted by molar-refractivity contribution is 5.93. The third-order valence-corrected chi connectivity index (χ3v) is 7.67. The molecule has 2 aromatic rings. The first-order chi connectivity index (χ1) is 16.7. The Kier molecular flexibility index (Phi) is 7.47. The van der Waals surface area contributed by atoms with Crippen LogP contribution in [-0.4, -0.2) is 51.2 Å². The second-order valence-electron chi connectivity index (χ2n) is 10.8. The van der Waals surface area contributed by atoms with E-state index in [2.05, 4.69) is 34.4 Å². The van der Waals surface area contributed by atoms with E-state index in [4.69, 9.17) is 0 Å². The fourth-order valence-corrected chi connectivity index (χ4v) is 5.28. The number of H-pyrrole nitrogens is 1. The number of nitrogens with one attached hydrogen (secondary N) is 3. The number of hydrogen-bond acceptors (Lipinski definition) is 4. The summed E-state index contributed by atoms with van der Waals surface area (Å²) in [5.41, 5.74) is 2.84. The minimum absolute atomic E-state index is 0.0348. The second kappa shape index (κ2) is 10.4. The van der Waals surface area contributed by atoms with Gasteiger partial charge in [-0.25, -0.2) is 4.98 Å². The van der Waals surface area contributed by atoms with Gasteiger partial charge in [0, 0.05) is 18.5 Å². The minimum atomic E-state index is -0.911. The standard InChI is InChI=1S/C27H39N5O3/c1-15(2)19-13-20(19)26(34)30-22(14-23(33)32-12-7-6-10-17(32)4)27(35)28-18(5)25-29-21-11-8-9-16(3)24(21)31-25/h8-9,11,15,17-20,22H,6-7,10,12-14H2,1-5H3,(H,28,35)(H,29,31)(H,30,34)/t17-,18-,19?,20?,22-/m0/s1. The molecule has 1 saturated carbocycles. The van der Waals surface area contributed by atoms with Crippen molar-refractivity contribution in [2.75, 3.05) is 6.54 Å². The van der Waals surface area contributed by atoms with E-state index in [-0.39, 0.29) is 36.1 Å². The minimum Gasteiger partial charge on any atom is -0.345 e. The molecule has 2 unspecified atom stereocenters. The summed E-state index contributed by atoms with van der Waals surface area (Å²) in [6, 6.07) is 4.76. The monoisotopic (exact) mass is 481 g/mol. The van der Waals surface area contributed by atoms with Gasteiger partial charge in [0.05, 0.1) is 23.5 Å². The molecule has 35 heavy (non-hydrogen) atoms. The molecule has 5 atom stereocenters. The third kappa shape index (κ3) is 5.68. The molecule has 3 amide bonds. The molecule has 1 aromatic carbocycles. The van der Waals surface area contributed by atoms with Gasteiger partial charge in [-0.05, 0) is 69.9 Å². The zero-order valence-electron chi connectivity index (χ0n) is 21.6. The quantitative estimate of drug-likeness (QED) is 0.535. The predicted octanol–water partition coefficient (Wildman–Crippen LogP) is 3.62. The number of amides is 3. The molecule has 1 aliphatic heterocycles. The van der Waals surface area contributed by atoms with E-state index in [1.807, 2.05) is 43.9 Å². The number of carbonyl (C=O) groups excluding carboxylic acids is 3. The molecule has 0 spiro atoms. The van der Waals surface area contributed by atoms with Crippen LogP contribution in [0.3, 0.4) is 0 Å². The highest BCUT2D eigenvalue weighted by Crippen LogP contribution is 2.44. The van der Waals surface area contributed by atoms with Gasteiger partial charge < -0.3 is 20.5 Å². The summed E-state index contributed by atoms with van der Waals surface area (Å²) in [5.74, 6) is 0.759. The number of hydrogen-bond donors (Lipinski definition) is 3. The maximum atomic E-state index is 13.4. The number of aromatic nitrogens is 2. The molecule has 3 N–H and O–H groups in total. The van der Waals surface area contributed by atoms with Crippen LogP contribution in [0.15, 0.2) is 18.2 Å². The Bertz CT molecular complexity index is 1090. The van der Waals surface area contributed by atoms with Gasteiger partial charge in [-0.1, -0.05) is 26.0 Å². The molecule has 0 bridgehead atoms. The van der Waals surface area contributed by atoms with E-state index in [9.17, 15) is 14.4 Å². The Balaban J connectivity index is 1.47. The Labute approximate surface area is 207 Å². The number of para-hydroxylation sites is 1. The first kappa shape index (κ1) is 25.2. The molecular formula is C27H39N5O3. The van der Waals surface area contributed by atoms with Crippen molar-refractivity contribution in [3.8, 4) is 0 Å². The van der Waals surface area contributed by atoms with Gasteiger partial charge in [0.2, 0.25) is 17.7 Å². The zero-order chi connectivity index (χ0) is 25.3. The summed E-state index contributed by atoms with van der Waals surface area (Å²) in [4.78, 5) is 49.2. The summed E-state index contributed by atoms with van der Waals surface area (Å²) >= 11 is 0. The van der Waals surface area contributed by atoms with Crippen LogP contribution in [-0.2, 0) is 14.4 Å². The van der Waals surface area contributed by atoms with Gasteiger partial charge in [-0.3, -0.25) is 14.4 Å². The van der Waals surface area contributed by atoms with Crippen LogP contribution in [0.2, 0.25) is 0 Å². The summed E-state index contributed by atoms with van der Waals surface area (Å²) in [6.07, 6.45) is 3.85. The van der Waals surface area contributed by atoms with Gasteiger partial charge in [0.15, 0.2) is 0 Å². The number of nitrogens with zero attached hydrogens (tertiary/aromatic N) is 2. The molecule has 8 nitrogen and oxygen atoms in total. The Morgan fingerprint density at radius 3 is 2.60 bits per heavy atom. The van der Waals surface area contributed by atoms with Crippen LogP contribution in [0, 0.1) is 24.7 Å². The molecule has 2 aliphatic rings. The van der Waals surface area contributed by atoms with Gasteiger partial charge in [0.25, 0.3) is 0 Å². The summed E-state index contributed by atoms with van der Waals surface area (Å²) in [7, 11) is 0. The molecule has 1 aliphatic carbocycles. The van der Waals surface area contributed by atoms with E-state index in [1.54, 1.807) is 0 Å². The molecule has 2 heterocycles. The number of rotatable bonds is 8. The smallest absolute Gasteiger partial charge is 0.243 e. The number of piperidine rings is 1. The Hall–Kier alpha value is -2.90. The van der Waals surface area contributed by atoms with Gasteiger partial charge in [-0.15, -0.1) is 0 Å². The lowest BCUT2D eigenvalue weighted by molar-refractivity contribution is -0.138. The number of fused-ring (bicyclic) bond motifs is 1. The Morgan fingerprint density at radius 1 is 1.17 bits per heavy atom. The molecule has 1 aromatic heterocycles. The lowest BCUT2D eigenvalue weighted by Crippen LogP contribution is -2.52. The first-order valence-electron chi connectivity index (χ1n) is 13.0. The highest BCUT2D eigenvalue weighted by Gasteiger charge is 2.45. The summed E-state index contributed by atoms with van der Waals surface area (Å²) in [5, 5.41) is 5.89. The van der Waals surface area contributed by atoms with Gasteiger partial charge in [0.1, 0.15) is 11.9 Å². The van der Waals surface area contributed by atoms with Crippen molar-refractivity contribution in [2.45, 2.75) is 84.8 Å². The van der Waals surface area contributed by atoms with Crippen LogP contribution < -0.4 is 10.6 Å². The lowest BCUT2D eigenvalue weighted by atomic mass is 10.0. The van der Waals surface area contributed by atoms with E-state index in [1.165, 1.54) is 0 Å². The SMILES string of the molecule is Cc1cccc2[nH]c([C@H](C)NC(=O)[C@H](CC(=O)N3CCCC[C@@H]3C)NC(=O)C3CC3C(C)C)nc12. The lowest BCUT2D eigenvalue weighted by Gasteiger charge is -2.34. The van der Waals surface area contributed by atoms with Crippen molar-refractivity contribution >= 4 is 28.8 Å². The average molecular weight is 482 g/mol. The number of benzene rings is 1. The molecule has 0 radical (unpaired) electrons. The predicted molar refractivity (Wildman–Crippen MR) is 135 cm³/mol. The van der Waals surface area contributed by atoms with Crippen LogP contribution in [0.5, 0.6) is 0 Å². The van der Waals surface area contributed by atoms with Crippen LogP contribution in [0.1, 0.15) is 77.2 Å². The van der Waals surface area contributed by atoms with Crippen LogP contribution in [0.25, 0.3) is 11.0 Å². The maximum absolute atomic E-state index is 13.4. The number of imidazole rings is 1. The summed E-state index contributed by atoms with van der Waals surface area (Å²) < 4.78 is 0. The molecule has 8 heteroatoms. The number of aromatic amines is 1. The zero-order valence-corrected chi connectivity index (χ0v) is 21.6. The first-order valence-corrected chi connectivity index (χ1v) is 13.0. The Morgan fingerprint density at radius 2 is 1.94 bits per heavy atom. The largest absolute Gasteiger partial charge is 0.345 e. The number of likely N-dealkylation sites (tertiary alicyclic amines) is 1. The van der Waals surface area contributed by atoms with E-state index < -0.39 is 12.1 Å². The van der Waals surface area contributed by atoms with E-state index >= 15 is 0 Å². The maximum Gasteiger partial charge on any atom is 0.243 e. The van der Waals surface area contributed by atoms with Crippen molar-refractivity contribution in [1.29, 1.82) is 0 Å². The number of carbonyl (C=O) groups is 3. The third-order valence-electron chi connectivity index (χ3n) is 7.67. The van der Waals surface area contributed by atoms with Crippen LogP contribution >= 0.6 is 0 Å². The van der Waals surface area contributed by atoms with Crippen molar-refractivity contribution < 1.29 is 14.4 Å². The number of aryl methyl sites for hydroxylation is 1. The van der Waals surface area contributed by atoms with Gasteiger partial charge >= 0.3 is 0 Å². The average Bonchev–Trinajstić information content (AvgIpc) is 3.50. The summed E-state index contributed by atoms with van der Waals surface area (Å²) in [6.45, 7) is 10.8. The van der Waals surface area contributed by atoms with Crippen molar-refractivity contribution in [2.24, 2.45) is 17.8 Å². The van der Waals surface area contributed by atoms with Crippen molar-refractivity contribution in [3.05, 3.63) is 29.6 Å². The van der Waals surface area contributed by atoms with E-state index in [0.29, 0.717) is 24.2 Å². The molecule has 190 valence electrons. The van der Waals surface area contributed by atoms with Crippen LogP contribution in [0.4, 0.5) is 0 Å². The molecule has 4 rings (SSSR count). The van der Waals surface area contributed by atoms with Crippen molar-refractivity contribution in [1.82, 2.24) is 25.5 Å². The molecule has 1 saturated heterocycles.